The van der Waals surface area contributed by atoms with Gasteiger partial charge in [-0.25, -0.2) is 13.6 Å². The van der Waals surface area contributed by atoms with E-state index in [-0.39, 0.29) is 19.2 Å². The Morgan fingerprint density at radius 1 is 1.43 bits per heavy atom. The number of halogens is 2. The Morgan fingerprint density at radius 2 is 2.26 bits per heavy atom. The third-order valence-electron chi connectivity index (χ3n) is 4.04. The lowest BCUT2D eigenvalue weighted by atomic mass is 10.00. The summed E-state index contributed by atoms with van der Waals surface area (Å²) >= 11 is 0. The monoisotopic (exact) mass is 326 g/mol. The van der Waals surface area contributed by atoms with Crippen LogP contribution >= 0.6 is 0 Å². The van der Waals surface area contributed by atoms with Crippen molar-refractivity contribution in [3.8, 4) is 5.75 Å². The number of urea groups is 1. The van der Waals surface area contributed by atoms with E-state index in [0.29, 0.717) is 13.0 Å². The highest BCUT2D eigenvalue weighted by Gasteiger charge is 2.37. The average Bonchev–Trinajstić information content (AvgIpc) is 2.68. The maximum absolute atomic E-state index is 13.5. The Morgan fingerprint density at radius 3 is 3.09 bits per heavy atom. The van der Waals surface area contributed by atoms with Crippen LogP contribution < -0.4 is 10.1 Å². The van der Waals surface area contributed by atoms with Gasteiger partial charge in [0.25, 0.3) is 5.92 Å². The molecule has 0 saturated carbocycles. The lowest BCUT2D eigenvalue weighted by Crippen LogP contribution is -2.51. The quantitative estimate of drug-likeness (QED) is 0.858. The molecule has 1 saturated heterocycles. The number of alkyl halides is 2. The number of carbonyl (C=O) groups excluding carboxylic acids is 1. The Kier molecular flexibility index (Phi) is 4.39. The number of hydrogen-bond acceptors (Lipinski definition) is 3. The lowest BCUT2D eigenvalue weighted by Gasteiger charge is -2.30. The predicted molar refractivity (Wildman–Crippen MR) is 80.0 cm³/mol. The third-order valence-corrected chi connectivity index (χ3v) is 4.04. The van der Waals surface area contributed by atoms with Crippen LogP contribution in [-0.2, 0) is 11.2 Å². The summed E-state index contributed by atoms with van der Waals surface area (Å²) in [6, 6.07) is 5.13. The molecule has 2 heterocycles. The molecule has 5 nitrogen and oxygen atoms in total. The molecular weight excluding hydrogens is 306 g/mol. The molecule has 7 heteroatoms. The molecule has 0 bridgehead atoms. The van der Waals surface area contributed by atoms with Crippen LogP contribution in [0.2, 0.25) is 0 Å². The van der Waals surface area contributed by atoms with Crippen LogP contribution in [0.1, 0.15) is 11.1 Å². The fraction of sp³-hybridized carbons (Fsp3) is 0.562. The first-order valence-corrected chi connectivity index (χ1v) is 7.67. The summed E-state index contributed by atoms with van der Waals surface area (Å²) in [6.07, 6.45) is 0.628. The molecule has 126 valence electrons. The first-order chi connectivity index (χ1) is 10.9. The summed E-state index contributed by atoms with van der Waals surface area (Å²) in [5.74, 6) is -2.16. The fourth-order valence-corrected chi connectivity index (χ4v) is 2.92. The van der Waals surface area contributed by atoms with Crippen LogP contribution in [0.3, 0.4) is 0 Å². The summed E-state index contributed by atoms with van der Waals surface area (Å²) < 4.78 is 37.6. The number of nitrogens with zero attached hydrogens (tertiary/aromatic N) is 1. The van der Waals surface area contributed by atoms with Gasteiger partial charge in [0, 0.05) is 6.54 Å². The Labute approximate surface area is 133 Å². The zero-order valence-corrected chi connectivity index (χ0v) is 13.0. The van der Waals surface area contributed by atoms with Crippen molar-refractivity contribution in [1.29, 1.82) is 0 Å². The van der Waals surface area contributed by atoms with Crippen molar-refractivity contribution in [3.05, 3.63) is 29.3 Å². The second-order valence-corrected chi connectivity index (χ2v) is 6.05. The normalized spacial score (nSPS) is 23.4. The molecule has 1 aromatic carbocycles. The van der Waals surface area contributed by atoms with E-state index < -0.39 is 25.1 Å². The van der Waals surface area contributed by atoms with E-state index in [1.54, 1.807) is 0 Å². The fourth-order valence-electron chi connectivity index (χ4n) is 2.92. The van der Waals surface area contributed by atoms with Gasteiger partial charge in [-0.1, -0.05) is 18.2 Å². The number of nitrogens with one attached hydrogen (secondary N) is 1. The van der Waals surface area contributed by atoms with Gasteiger partial charge >= 0.3 is 6.03 Å². The molecule has 2 aliphatic heterocycles. The molecule has 0 aliphatic carbocycles. The van der Waals surface area contributed by atoms with Gasteiger partial charge in [-0.2, -0.15) is 0 Å². The predicted octanol–water partition coefficient (Wildman–Crippen LogP) is 1.98. The molecule has 0 radical (unpaired) electrons. The second-order valence-electron chi connectivity index (χ2n) is 6.05. The van der Waals surface area contributed by atoms with Crippen molar-refractivity contribution >= 4 is 6.03 Å². The number of hydrogen-bond donors (Lipinski definition) is 1. The zero-order valence-electron chi connectivity index (χ0n) is 13.0. The highest BCUT2D eigenvalue weighted by atomic mass is 19.3. The average molecular weight is 326 g/mol. The molecule has 0 spiro atoms. The van der Waals surface area contributed by atoms with Crippen LogP contribution in [0.5, 0.6) is 5.75 Å². The van der Waals surface area contributed by atoms with E-state index in [9.17, 15) is 13.6 Å². The van der Waals surface area contributed by atoms with E-state index in [1.165, 1.54) is 0 Å². The van der Waals surface area contributed by atoms with E-state index in [1.807, 2.05) is 25.1 Å². The highest BCUT2D eigenvalue weighted by molar-refractivity contribution is 5.74. The lowest BCUT2D eigenvalue weighted by molar-refractivity contribution is -0.0652. The van der Waals surface area contributed by atoms with E-state index in [0.717, 1.165) is 21.8 Å². The molecule has 1 atom stereocenters. The summed E-state index contributed by atoms with van der Waals surface area (Å²) in [4.78, 5) is 13.4. The SMILES string of the molecule is Cc1cccc2c1OCC(NC(=O)N1CCOCC(F)(F)C1)C2. The number of carbonyl (C=O) groups is 1. The molecule has 1 aromatic rings. The number of amides is 2. The van der Waals surface area contributed by atoms with Gasteiger partial charge in [0.1, 0.15) is 19.0 Å². The molecule has 1 unspecified atom stereocenters. The van der Waals surface area contributed by atoms with Crippen LogP contribution in [0, 0.1) is 6.92 Å². The highest BCUT2D eigenvalue weighted by Crippen LogP contribution is 2.28. The van der Waals surface area contributed by atoms with Crippen LogP contribution in [-0.4, -0.2) is 55.8 Å². The molecule has 1 N–H and O–H groups in total. The van der Waals surface area contributed by atoms with Crippen LogP contribution in [0.25, 0.3) is 0 Å². The molecule has 23 heavy (non-hydrogen) atoms. The van der Waals surface area contributed by atoms with Gasteiger partial charge in [0.2, 0.25) is 0 Å². The van der Waals surface area contributed by atoms with Crippen molar-refractivity contribution in [1.82, 2.24) is 10.2 Å². The smallest absolute Gasteiger partial charge is 0.318 e. The number of para-hydroxylation sites is 1. The summed E-state index contributed by atoms with van der Waals surface area (Å²) in [5, 5.41) is 2.79. The maximum Gasteiger partial charge on any atom is 0.318 e. The van der Waals surface area contributed by atoms with Gasteiger partial charge in [0.05, 0.1) is 19.2 Å². The number of ether oxygens (including phenoxy) is 2. The van der Waals surface area contributed by atoms with Gasteiger partial charge in [-0.3, -0.25) is 0 Å². The van der Waals surface area contributed by atoms with Crippen molar-refractivity contribution in [2.75, 3.05) is 32.9 Å². The number of fused-ring (bicyclic) bond motifs is 1. The third kappa shape index (κ3) is 3.72. The molecule has 2 amide bonds. The Bertz CT molecular complexity index is 595. The number of rotatable bonds is 1. The van der Waals surface area contributed by atoms with Crippen molar-refractivity contribution in [2.24, 2.45) is 0 Å². The van der Waals surface area contributed by atoms with Crippen molar-refractivity contribution in [2.45, 2.75) is 25.3 Å². The first kappa shape index (κ1) is 16.0. The summed E-state index contributed by atoms with van der Waals surface area (Å²) in [5.41, 5.74) is 2.07. The topological polar surface area (TPSA) is 50.8 Å². The standard InChI is InChI=1S/C16H20F2N2O3/c1-11-3-2-4-12-7-13(8-23-14(11)12)19-15(21)20-5-6-22-10-16(17,18)9-20/h2-4,13H,5-10H2,1H3,(H,19,21). The van der Waals surface area contributed by atoms with E-state index in [4.69, 9.17) is 9.47 Å². The van der Waals surface area contributed by atoms with E-state index >= 15 is 0 Å². The van der Waals surface area contributed by atoms with Crippen LogP contribution in [0.15, 0.2) is 18.2 Å². The van der Waals surface area contributed by atoms with E-state index in [2.05, 4.69) is 5.32 Å². The minimum atomic E-state index is -3.01. The largest absolute Gasteiger partial charge is 0.491 e. The van der Waals surface area contributed by atoms with Gasteiger partial charge in [0.15, 0.2) is 0 Å². The van der Waals surface area contributed by atoms with Crippen molar-refractivity contribution < 1.29 is 23.0 Å². The molecule has 2 aliphatic rings. The first-order valence-electron chi connectivity index (χ1n) is 7.67. The van der Waals surface area contributed by atoms with Gasteiger partial charge < -0.3 is 19.7 Å². The minimum Gasteiger partial charge on any atom is -0.491 e. The second kappa shape index (κ2) is 6.31. The molecular formula is C16H20F2N2O3. The van der Waals surface area contributed by atoms with Crippen molar-refractivity contribution in [3.63, 3.8) is 0 Å². The Hall–Kier alpha value is -1.89. The maximum atomic E-state index is 13.5. The minimum absolute atomic E-state index is 0.117. The Balaban J connectivity index is 1.62. The number of benzene rings is 1. The summed E-state index contributed by atoms with van der Waals surface area (Å²) in [7, 11) is 0. The van der Waals surface area contributed by atoms with Gasteiger partial charge in [-0.05, 0) is 24.5 Å². The van der Waals surface area contributed by atoms with Gasteiger partial charge in [-0.15, -0.1) is 0 Å². The molecule has 0 aromatic heterocycles. The zero-order chi connectivity index (χ0) is 16.4. The molecule has 3 rings (SSSR count). The molecule has 1 fully saturated rings. The summed E-state index contributed by atoms with van der Waals surface area (Å²) in [6.45, 7) is 1.32. The van der Waals surface area contributed by atoms with Crippen LogP contribution in [0.4, 0.5) is 13.6 Å². The number of aryl methyl sites for hydroxylation is 1.